The topological polar surface area (TPSA) is 26.3 Å². The summed E-state index contributed by atoms with van der Waals surface area (Å²) >= 11 is 0. The summed E-state index contributed by atoms with van der Waals surface area (Å²) in [6, 6.07) is 0. The van der Waals surface area contributed by atoms with Crippen molar-refractivity contribution in [1.29, 1.82) is 0 Å². The lowest BCUT2D eigenvalue weighted by Gasteiger charge is -2.06. The summed E-state index contributed by atoms with van der Waals surface area (Å²) in [6.45, 7) is 0. The first-order chi connectivity index (χ1) is 10.3. The van der Waals surface area contributed by atoms with Gasteiger partial charge in [0.2, 0.25) is 0 Å². The van der Waals surface area contributed by atoms with Crippen LogP contribution in [0.1, 0.15) is 89.9 Å². The molecule has 1 aliphatic rings. The molecule has 1 rings (SSSR count). The maximum absolute atomic E-state index is 10.9. The Morgan fingerprint density at radius 2 is 1.52 bits per heavy atom. The van der Waals surface area contributed by atoms with Crippen LogP contribution < -0.4 is 0 Å². The monoisotopic (exact) mass is 294 g/mol. The van der Waals surface area contributed by atoms with Gasteiger partial charge in [-0.1, -0.05) is 69.9 Å². The molecule has 0 saturated heterocycles. The number of carbonyl (C=O) groups excluding carboxylic acids is 1. The van der Waals surface area contributed by atoms with Gasteiger partial charge < -0.3 is 4.74 Å². The highest BCUT2D eigenvalue weighted by Gasteiger charge is 2.07. The van der Waals surface area contributed by atoms with Crippen LogP contribution in [0.4, 0.5) is 0 Å². The van der Waals surface area contributed by atoms with E-state index in [-0.39, 0.29) is 5.97 Å². The van der Waals surface area contributed by atoms with E-state index in [4.69, 9.17) is 0 Å². The first-order valence-electron chi connectivity index (χ1n) is 9.06. The van der Waals surface area contributed by atoms with Crippen molar-refractivity contribution in [1.82, 2.24) is 0 Å². The number of allylic oxidation sites excluding steroid dienone is 2. The van der Waals surface area contributed by atoms with E-state index in [0.717, 1.165) is 12.3 Å². The Hall–Kier alpha value is -0.790. The highest BCUT2D eigenvalue weighted by atomic mass is 16.5. The second-order valence-electron chi connectivity index (χ2n) is 6.42. The molecule has 0 radical (unpaired) electrons. The van der Waals surface area contributed by atoms with E-state index < -0.39 is 0 Å². The molecule has 122 valence electrons. The van der Waals surface area contributed by atoms with E-state index in [9.17, 15) is 4.79 Å². The second kappa shape index (κ2) is 12.9. The van der Waals surface area contributed by atoms with Crippen LogP contribution in [0.3, 0.4) is 0 Å². The third-order valence-electron chi connectivity index (χ3n) is 4.55. The Bertz CT molecular complexity index is 283. The molecule has 0 aromatic carbocycles. The van der Waals surface area contributed by atoms with E-state index in [1.54, 1.807) is 0 Å². The van der Waals surface area contributed by atoms with E-state index in [2.05, 4.69) is 16.9 Å². The lowest BCUT2D eigenvalue weighted by molar-refractivity contribution is -0.140. The fourth-order valence-electron chi connectivity index (χ4n) is 3.13. The Morgan fingerprint density at radius 3 is 2.05 bits per heavy atom. The lowest BCUT2D eigenvalue weighted by atomic mass is 9.99. The van der Waals surface area contributed by atoms with Gasteiger partial charge in [-0.15, -0.1) is 0 Å². The summed E-state index contributed by atoms with van der Waals surface area (Å²) in [4.78, 5) is 10.9. The number of unbranched alkanes of at least 4 members (excludes halogenated alkanes) is 9. The molecule has 2 nitrogen and oxygen atoms in total. The number of ether oxygens (including phenoxy) is 1. The summed E-state index contributed by atoms with van der Waals surface area (Å²) in [7, 11) is 1.47. The van der Waals surface area contributed by atoms with Gasteiger partial charge in [-0.2, -0.15) is 0 Å². The molecule has 0 N–H and O–H groups in total. The molecule has 0 saturated carbocycles. The third kappa shape index (κ3) is 10.6. The Labute approximate surface area is 131 Å². The van der Waals surface area contributed by atoms with Gasteiger partial charge in [0.25, 0.3) is 0 Å². The quantitative estimate of drug-likeness (QED) is 0.243. The Morgan fingerprint density at radius 1 is 0.952 bits per heavy atom. The van der Waals surface area contributed by atoms with E-state index >= 15 is 0 Å². The molecule has 1 aliphatic carbocycles. The van der Waals surface area contributed by atoms with Crippen molar-refractivity contribution < 1.29 is 9.53 Å². The zero-order valence-electron chi connectivity index (χ0n) is 13.9. The van der Waals surface area contributed by atoms with Crippen molar-refractivity contribution in [3.8, 4) is 0 Å². The van der Waals surface area contributed by atoms with Gasteiger partial charge in [0.05, 0.1) is 7.11 Å². The van der Waals surface area contributed by atoms with Gasteiger partial charge in [-0.05, 0) is 31.6 Å². The SMILES string of the molecule is COC(=O)CCCCCCCCCCCCC1C=CCC1. The summed E-state index contributed by atoms with van der Waals surface area (Å²) < 4.78 is 4.63. The Kier molecular flexibility index (Phi) is 11.2. The van der Waals surface area contributed by atoms with Gasteiger partial charge in [0, 0.05) is 6.42 Å². The molecule has 0 aromatic rings. The van der Waals surface area contributed by atoms with Crippen molar-refractivity contribution in [3.63, 3.8) is 0 Å². The van der Waals surface area contributed by atoms with Gasteiger partial charge in [-0.3, -0.25) is 4.79 Å². The van der Waals surface area contributed by atoms with Crippen LogP contribution in [-0.2, 0) is 9.53 Å². The largest absolute Gasteiger partial charge is 0.469 e. The van der Waals surface area contributed by atoms with Crippen molar-refractivity contribution in [2.45, 2.75) is 89.9 Å². The van der Waals surface area contributed by atoms with Gasteiger partial charge in [0.1, 0.15) is 0 Å². The minimum atomic E-state index is -0.0666. The molecule has 21 heavy (non-hydrogen) atoms. The van der Waals surface area contributed by atoms with Gasteiger partial charge >= 0.3 is 5.97 Å². The zero-order valence-corrected chi connectivity index (χ0v) is 13.9. The highest BCUT2D eigenvalue weighted by Crippen LogP contribution is 2.23. The zero-order chi connectivity index (χ0) is 15.2. The molecular formula is C19H34O2. The summed E-state index contributed by atoms with van der Waals surface area (Å²) in [5.41, 5.74) is 0. The van der Waals surface area contributed by atoms with Crippen LogP contribution in [0.25, 0.3) is 0 Å². The maximum atomic E-state index is 10.9. The van der Waals surface area contributed by atoms with Crippen LogP contribution >= 0.6 is 0 Å². The molecule has 1 atom stereocenters. The Balaban J connectivity index is 1.70. The first kappa shape index (κ1) is 18.3. The minimum absolute atomic E-state index is 0.0666. The number of hydrogen-bond acceptors (Lipinski definition) is 2. The number of methoxy groups -OCH3 is 1. The van der Waals surface area contributed by atoms with Crippen molar-refractivity contribution in [2.75, 3.05) is 7.11 Å². The predicted octanol–water partition coefficient (Wildman–Crippen LogP) is 5.81. The number of rotatable bonds is 13. The molecule has 0 amide bonds. The average Bonchev–Trinajstić information content (AvgIpc) is 3.01. The van der Waals surface area contributed by atoms with Gasteiger partial charge in [-0.25, -0.2) is 0 Å². The van der Waals surface area contributed by atoms with Crippen LogP contribution in [-0.4, -0.2) is 13.1 Å². The lowest BCUT2D eigenvalue weighted by Crippen LogP contribution is -1.99. The summed E-state index contributed by atoms with van der Waals surface area (Å²) in [5.74, 6) is 0.832. The third-order valence-corrected chi connectivity index (χ3v) is 4.55. The molecule has 0 fully saturated rings. The fraction of sp³-hybridized carbons (Fsp3) is 0.842. The van der Waals surface area contributed by atoms with Crippen molar-refractivity contribution >= 4 is 5.97 Å². The van der Waals surface area contributed by atoms with E-state index in [1.165, 1.54) is 84.2 Å². The molecule has 1 unspecified atom stereocenters. The fourth-order valence-corrected chi connectivity index (χ4v) is 3.13. The minimum Gasteiger partial charge on any atom is -0.469 e. The molecule has 0 heterocycles. The van der Waals surface area contributed by atoms with Gasteiger partial charge in [0.15, 0.2) is 0 Å². The van der Waals surface area contributed by atoms with E-state index in [1.807, 2.05) is 0 Å². The predicted molar refractivity (Wildman–Crippen MR) is 89.3 cm³/mol. The van der Waals surface area contributed by atoms with Crippen molar-refractivity contribution in [3.05, 3.63) is 12.2 Å². The first-order valence-corrected chi connectivity index (χ1v) is 9.06. The number of carbonyl (C=O) groups is 1. The molecule has 0 bridgehead atoms. The van der Waals surface area contributed by atoms with E-state index in [0.29, 0.717) is 6.42 Å². The van der Waals surface area contributed by atoms with Crippen LogP contribution in [0.15, 0.2) is 12.2 Å². The number of hydrogen-bond donors (Lipinski definition) is 0. The average molecular weight is 294 g/mol. The summed E-state index contributed by atoms with van der Waals surface area (Å²) in [5, 5.41) is 0. The number of esters is 1. The normalized spacial score (nSPS) is 17.3. The standard InChI is InChI=1S/C19H34O2/c1-21-19(20)17-11-9-7-5-3-2-4-6-8-10-14-18-15-12-13-16-18/h12,15,18H,2-11,13-14,16-17H2,1H3. The molecule has 2 heteroatoms. The maximum Gasteiger partial charge on any atom is 0.305 e. The van der Waals surface area contributed by atoms with Crippen LogP contribution in [0.2, 0.25) is 0 Å². The highest BCUT2D eigenvalue weighted by molar-refractivity contribution is 5.68. The molecule has 0 aliphatic heterocycles. The molecular weight excluding hydrogens is 260 g/mol. The smallest absolute Gasteiger partial charge is 0.305 e. The van der Waals surface area contributed by atoms with Crippen molar-refractivity contribution in [2.24, 2.45) is 5.92 Å². The molecule has 0 aromatic heterocycles. The van der Waals surface area contributed by atoms with Crippen LogP contribution in [0, 0.1) is 5.92 Å². The molecule has 0 spiro atoms. The van der Waals surface area contributed by atoms with Crippen LogP contribution in [0.5, 0.6) is 0 Å². The summed E-state index contributed by atoms with van der Waals surface area (Å²) in [6.07, 6.45) is 22.6. The second-order valence-corrected chi connectivity index (χ2v) is 6.42.